The number of esters is 1. The van der Waals surface area contributed by atoms with Gasteiger partial charge in [0.05, 0.1) is 5.39 Å². The van der Waals surface area contributed by atoms with Crippen LogP contribution in [0.2, 0.25) is 5.02 Å². The molecule has 3 aromatic rings. The number of aromatic nitrogens is 2. The quantitative estimate of drug-likeness (QED) is 0.539. The molecule has 0 N–H and O–H groups in total. The highest BCUT2D eigenvalue weighted by Crippen LogP contribution is 2.19. The number of benzene rings is 2. The predicted molar refractivity (Wildman–Crippen MR) is 83.4 cm³/mol. The van der Waals surface area contributed by atoms with E-state index in [0.717, 1.165) is 4.68 Å². The van der Waals surface area contributed by atoms with Crippen molar-refractivity contribution in [2.75, 3.05) is 0 Å². The molecule has 22 heavy (non-hydrogen) atoms. The van der Waals surface area contributed by atoms with Gasteiger partial charge in [-0.2, -0.15) is 5.10 Å². The number of carbonyl (C=O) groups excluding carboxylic acids is 1. The van der Waals surface area contributed by atoms with Crippen molar-refractivity contribution in [3.05, 3.63) is 69.6 Å². The van der Waals surface area contributed by atoms with Gasteiger partial charge in [0.1, 0.15) is 5.75 Å². The smallest absolute Gasteiger partial charge is 0.364 e. The van der Waals surface area contributed by atoms with Gasteiger partial charge < -0.3 is 4.74 Å². The first-order chi connectivity index (χ1) is 10.6. The van der Waals surface area contributed by atoms with Crippen molar-refractivity contribution in [2.45, 2.75) is 0 Å². The van der Waals surface area contributed by atoms with Gasteiger partial charge in [-0.3, -0.25) is 4.79 Å². The fourth-order valence-corrected chi connectivity index (χ4v) is 2.23. The number of hydrogen-bond donors (Lipinski definition) is 0. The highest BCUT2D eigenvalue weighted by Gasteiger charge is 2.17. The third kappa shape index (κ3) is 2.58. The van der Waals surface area contributed by atoms with Crippen LogP contribution in [0.5, 0.6) is 5.75 Å². The standard InChI is InChI=1S/C16H11ClN2O3/c1-19-15(20)13-5-3-2-4-12(13)14(18-19)16(21)22-11-8-6-10(17)7-9-11/h2-9H,1H3. The van der Waals surface area contributed by atoms with Crippen molar-refractivity contribution in [3.63, 3.8) is 0 Å². The monoisotopic (exact) mass is 314 g/mol. The maximum atomic E-state index is 12.3. The molecule has 2 aromatic carbocycles. The molecule has 0 aliphatic carbocycles. The molecular formula is C16H11ClN2O3. The third-order valence-corrected chi connectivity index (χ3v) is 3.43. The van der Waals surface area contributed by atoms with Gasteiger partial charge in [-0.05, 0) is 30.3 Å². The number of nitrogens with zero attached hydrogens (tertiary/aromatic N) is 2. The van der Waals surface area contributed by atoms with E-state index in [4.69, 9.17) is 16.3 Å². The largest absolute Gasteiger partial charge is 0.422 e. The van der Waals surface area contributed by atoms with Gasteiger partial charge in [0, 0.05) is 17.5 Å². The third-order valence-electron chi connectivity index (χ3n) is 3.17. The summed E-state index contributed by atoms with van der Waals surface area (Å²) in [5, 5.41) is 5.45. The lowest BCUT2D eigenvalue weighted by atomic mass is 10.1. The van der Waals surface area contributed by atoms with Crippen molar-refractivity contribution in [2.24, 2.45) is 7.05 Å². The number of halogens is 1. The van der Waals surface area contributed by atoms with Crippen LogP contribution in [0.25, 0.3) is 10.8 Å². The van der Waals surface area contributed by atoms with Crippen molar-refractivity contribution >= 4 is 28.3 Å². The molecule has 6 heteroatoms. The van der Waals surface area contributed by atoms with Crippen LogP contribution in [0.3, 0.4) is 0 Å². The van der Waals surface area contributed by atoms with Gasteiger partial charge in [-0.25, -0.2) is 9.48 Å². The first-order valence-electron chi connectivity index (χ1n) is 6.50. The molecule has 0 spiro atoms. The molecule has 1 aromatic heterocycles. The zero-order valence-electron chi connectivity index (χ0n) is 11.6. The van der Waals surface area contributed by atoms with Crippen molar-refractivity contribution in [1.29, 1.82) is 0 Å². The Morgan fingerprint density at radius 2 is 1.73 bits per heavy atom. The van der Waals surface area contributed by atoms with Crippen LogP contribution in [0.4, 0.5) is 0 Å². The Kier molecular flexibility index (Phi) is 3.65. The molecule has 0 fully saturated rings. The SMILES string of the molecule is Cn1nc(C(=O)Oc2ccc(Cl)cc2)c2ccccc2c1=O. The number of fused-ring (bicyclic) bond motifs is 1. The van der Waals surface area contributed by atoms with Crippen molar-refractivity contribution in [1.82, 2.24) is 9.78 Å². The van der Waals surface area contributed by atoms with Crippen LogP contribution in [0.1, 0.15) is 10.5 Å². The predicted octanol–water partition coefficient (Wildman–Crippen LogP) is 2.81. The summed E-state index contributed by atoms with van der Waals surface area (Å²) in [4.78, 5) is 24.4. The topological polar surface area (TPSA) is 61.2 Å². The van der Waals surface area contributed by atoms with E-state index in [1.165, 1.54) is 7.05 Å². The maximum Gasteiger partial charge on any atom is 0.364 e. The molecule has 3 rings (SSSR count). The van der Waals surface area contributed by atoms with E-state index in [2.05, 4.69) is 5.10 Å². The zero-order chi connectivity index (χ0) is 15.7. The molecule has 0 bridgehead atoms. The molecule has 0 unspecified atom stereocenters. The average Bonchev–Trinajstić information content (AvgIpc) is 2.53. The van der Waals surface area contributed by atoms with Crippen LogP contribution in [0.15, 0.2) is 53.3 Å². The van der Waals surface area contributed by atoms with Gasteiger partial charge >= 0.3 is 5.97 Å². The molecule has 0 saturated carbocycles. The van der Waals surface area contributed by atoms with Crippen LogP contribution in [-0.4, -0.2) is 15.7 Å². The molecule has 0 amide bonds. The van der Waals surface area contributed by atoms with Crippen molar-refractivity contribution < 1.29 is 9.53 Å². The Hall–Kier alpha value is -2.66. The van der Waals surface area contributed by atoms with E-state index in [-0.39, 0.29) is 11.3 Å². The normalized spacial score (nSPS) is 10.6. The van der Waals surface area contributed by atoms with E-state index >= 15 is 0 Å². The Morgan fingerprint density at radius 3 is 2.41 bits per heavy atom. The van der Waals surface area contributed by atoms with E-state index in [0.29, 0.717) is 21.5 Å². The van der Waals surface area contributed by atoms with Gasteiger partial charge in [-0.1, -0.05) is 29.8 Å². The molecule has 0 atom stereocenters. The highest BCUT2D eigenvalue weighted by atomic mass is 35.5. The second-order valence-corrected chi connectivity index (χ2v) is 5.10. The van der Waals surface area contributed by atoms with Crippen LogP contribution >= 0.6 is 11.6 Å². The van der Waals surface area contributed by atoms with E-state index in [1.54, 1.807) is 48.5 Å². The van der Waals surface area contributed by atoms with E-state index < -0.39 is 5.97 Å². The molecule has 0 aliphatic rings. The molecule has 1 heterocycles. The van der Waals surface area contributed by atoms with E-state index in [1.807, 2.05) is 0 Å². The molecular weight excluding hydrogens is 304 g/mol. The minimum Gasteiger partial charge on any atom is -0.422 e. The Morgan fingerprint density at radius 1 is 1.09 bits per heavy atom. The Bertz CT molecular complexity index is 917. The summed E-state index contributed by atoms with van der Waals surface area (Å²) < 4.78 is 6.41. The van der Waals surface area contributed by atoms with Gasteiger partial charge in [0.25, 0.3) is 5.56 Å². The summed E-state index contributed by atoms with van der Waals surface area (Å²) >= 11 is 5.79. The summed E-state index contributed by atoms with van der Waals surface area (Å²) in [5.74, 6) is -0.275. The average molecular weight is 315 g/mol. The number of carbonyl (C=O) groups is 1. The Labute approximate surface area is 130 Å². The van der Waals surface area contributed by atoms with E-state index in [9.17, 15) is 9.59 Å². The molecule has 110 valence electrons. The summed E-state index contributed by atoms with van der Waals surface area (Å²) in [6, 6.07) is 13.2. The molecule has 5 nitrogen and oxygen atoms in total. The number of aryl methyl sites for hydroxylation is 1. The fraction of sp³-hybridized carbons (Fsp3) is 0.0625. The van der Waals surface area contributed by atoms with Crippen LogP contribution in [0, 0.1) is 0 Å². The first-order valence-corrected chi connectivity index (χ1v) is 6.88. The summed E-state index contributed by atoms with van der Waals surface area (Å²) in [7, 11) is 1.49. The number of rotatable bonds is 2. The minimum absolute atomic E-state index is 0.0904. The lowest BCUT2D eigenvalue weighted by molar-refractivity contribution is 0.0728. The fourth-order valence-electron chi connectivity index (χ4n) is 2.11. The zero-order valence-corrected chi connectivity index (χ0v) is 12.4. The lowest BCUT2D eigenvalue weighted by Gasteiger charge is -2.08. The second-order valence-electron chi connectivity index (χ2n) is 4.67. The second kappa shape index (κ2) is 5.61. The Balaban J connectivity index is 2.06. The number of hydrogen-bond acceptors (Lipinski definition) is 4. The van der Waals surface area contributed by atoms with Crippen LogP contribution in [-0.2, 0) is 7.05 Å². The molecule has 0 saturated heterocycles. The minimum atomic E-state index is -0.630. The molecule has 0 aliphatic heterocycles. The van der Waals surface area contributed by atoms with Gasteiger partial charge in [0.2, 0.25) is 0 Å². The van der Waals surface area contributed by atoms with Gasteiger partial charge in [-0.15, -0.1) is 0 Å². The maximum absolute atomic E-state index is 12.3. The lowest BCUT2D eigenvalue weighted by Crippen LogP contribution is -2.24. The summed E-state index contributed by atoms with van der Waals surface area (Å²) in [6.07, 6.45) is 0. The summed E-state index contributed by atoms with van der Waals surface area (Å²) in [6.45, 7) is 0. The molecule has 0 radical (unpaired) electrons. The summed E-state index contributed by atoms with van der Waals surface area (Å²) in [5.41, 5.74) is -0.175. The first kappa shape index (κ1) is 14.3. The van der Waals surface area contributed by atoms with Crippen LogP contribution < -0.4 is 10.3 Å². The highest BCUT2D eigenvalue weighted by molar-refractivity contribution is 6.30. The van der Waals surface area contributed by atoms with Gasteiger partial charge in [0.15, 0.2) is 5.69 Å². The number of ether oxygens (including phenoxy) is 1. The van der Waals surface area contributed by atoms with Crippen molar-refractivity contribution in [3.8, 4) is 5.75 Å².